The highest BCUT2D eigenvalue weighted by Crippen LogP contribution is 2.19. The summed E-state index contributed by atoms with van der Waals surface area (Å²) in [6.45, 7) is 10.0. The van der Waals surface area contributed by atoms with E-state index in [-0.39, 0.29) is 5.82 Å². The van der Waals surface area contributed by atoms with Gasteiger partial charge in [-0.3, -0.25) is 4.79 Å². The zero-order chi connectivity index (χ0) is 19.4. The summed E-state index contributed by atoms with van der Waals surface area (Å²) >= 11 is 0. The molecule has 2 N–H and O–H groups in total. The summed E-state index contributed by atoms with van der Waals surface area (Å²) < 4.78 is 11.4. The van der Waals surface area contributed by atoms with Gasteiger partial charge in [0.1, 0.15) is 17.2 Å². The number of anilines is 1. The van der Waals surface area contributed by atoms with Crippen LogP contribution in [0.3, 0.4) is 0 Å². The van der Waals surface area contributed by atoms with E-state index in [1.807, 2.05) is 0 Å². The van der Waals surface area contributed by atoms with E-state index in [0.29, 0.717) is 0 Å². The molecule has 0 aliphatic rings. The molecule has 0 unspecified atom stereocenters. The number of alkyl carbamates (subject to hydrolysis) is 1. The minimum atomic E-state index is -0.967. The molecule has 2 amide bonds. The molecule has 0 spiro atoms. The molecular weight excluding hydrogens is 328 g/mol. The number of hydrogen-bond donors (Lipinski definition) is 2. The van der Waals surface area contributed by atoms with Crippen LogP contribution in [0, 0.1) is 0 Å². The molecule has 0 aliphatic heterocycles. The van der Waals surface area contributed by atoms with Gasteiger partial charge >= 0.3 is 12.1 Å². The Morgan fingerprint density at radius 1 is 1.20 bits per heavy atom. The predicted molar refractivity (Wildman–Crippen MR) is 91.0 cm³/mol. The van der Waals surface area contributed by atoms with E-state index in [1.165, 1.54) is 31.1 Å². The summed E-state index contributed by atoms with van der Waals surface area (Å²) in [6, 6.07) is -0.825. The standard InChI is InChI=1S/C16H26N4O5/c1-10(18-14(23)25-15(2,3)4)12(21)19-11-8-20(9-17-11)16(5,6)13(22)24-7/h8-10H,1-7H3,(H,18,23)(H,19,21)/t10-/m1/s1. The van der Waals surface area contributed by atoms with Crippen molar-refractivity contribution in [3.63, 3.8) is 0 Å². The zero-order valence-electron chi connectivity index (χ0n) is 15.7. The Morgan fingerprint density at radius 3 is 2.32 bits per heavy atom. The van der Waals surface area contributed by atoms with Crippen LogP contribution in [0.4, 0.5) is 10.6 Å². The summed E-state index contributed by atoms with van der Waals surface area (Å²) in [5, 5.41) is 5.00. The molecule has 1 atom stereocenters. The molecule has 1 aromatic heterocycles. The lowest BCUT2D eigenvalue weighted by molar-refractivity contribution is -0.149. The van der Waals surface area contributed by atoms with E-state index >= 15 is 0 Å². The van der Waals surface area contributed by atoms with Crippen LogP contribution in [-0.4, -0.2) is 46.3 Å². The minimum Gasteiger partial charge on any atom is -0.467 e. The first-order valence-electron chi connectivity index (χ1n) is 7.80. The number of amides is 2. The number of carbonyl (C=O) groups excluding carboxylic acids is 3. The van der Waals surface area contributed by atoms with Gasteiger partial charge in [0.2, 0.25) is 5.91 Å². The van der Waals surface area contributed by atoms with Crippen LogP contribution >= 0.6 is 0 Å². The highest BCUT2D eigenvalue weighted by molar-refractivity contribution is 5.95. The molecule has 1 heterocycles. The number of nitrogens with one attached hydrogen (secondary N) is 2. The maximum Gasteiger partial charge on any atom is 0.408 e. The maximum atomic E-state index is 12.1. The Bertz CT molecular complexity index is 645. The highest BCUT2D eigenvalue weighted by Gasteiger charge is 2.31. The molecule has 9 heteroatoms. The molecule has 9 nitrogen and oxygen atoms in total. The van der Waals surface area contributed by atoms with Crippen molar-refractivity contribution >= 4 is 23.8 Å². The lowest BCUT2D eigenvalue weighted by Gasteiger charge is -2.22. The first-order chi connectivity index (χ1) is 11.4. The summed E-state index contributed by atoms with van der Waals surface area (Å²) in [6.07, 6.45) is 2.24. The largest absolute Gasteiger partial charge is 0.467 e. The Labute approximate surface area is 147 Å². The van der Waals surface area contributed by atoms with Gasteiger partial charge in [-0.05, 0) is 41.5 Å². The Balaban J connectivity index is 2.69. The summed E-state index contributed by atoms with van der Waals surface area (Å²) in [7, 11) is 1.30. The van der Waals surface area contributed by atoms with Gasteiger partial charge in [0.15, 0.2) is 5.82 Å². The molecule has 0 aromatic carbocycles. The number of nitrogens with zero attached hydrogens (tertiary/aromatic N) is 2. The molecule has 0 radical (unpaired) electrons. The van der Waals surface area contributed by atoms with Crippen LogP contribution in [0.1, 0.15) is 41.5 Å². The summed E-state index contributed by atoms with van der Waals surface area (Å²) in [4.78, 5) is 39.7. The van der Waals surface area contributed by atoms with E-state index in [2.05, 4.69) is 15.6 Å². The average Bonchev–Trinajstić information content (AvgIpc) is 2.93. The third-order valence-corrected chi connectivity index (χ3v) is 3.29. The first kappa shape index (κ1) is 20.5. The lowest BCUT2D eigenvalue weighted by Crippen LogP contribution is -2.44. The Morgan fingerprint density at radius 2 is 1.80 bits per heavy atom. The molecule has 0 saturated carbocycles. The summed E-state index contributed by atoms with van der Waals surface area (Å²) in [5.41, 5.74) is -1.62. The van der Waals surface area contributed by atoms with Crippen LogP contribution in [-0.2, 0) is 24.6 Å². The molecule has 25 heavy (non-hydrogen) atoms. The second kappa shape index (κ2) is 7.54. The van der Waals surface area contributed by atoms with E-state index in [9.17, 15) is 14.4 Å². The van der Waals surface area contributed by atoms with Crippen molar-refractivity contribution < 1.29 is 23.9 Å². The van der Waals surface area contributed by atoms with Gasteiger partial charge < -0.3 is 24.7 Å². The van der Waals surface area contributed by atoms with Crippen molar-refractivity contribution in [1.29, 1.82) is 0 Å². The van der Waals surface area contributed by atoms with Crippen LogP contribution in [0.15, 0.2) is 12.5 Å². The molecule has 1 rings (SSSR count). The van der Waals surface area contributed by atoms with Crippen molar-refractivity contribution in [3.8, 4) is 0 Å². The van der Waals surface area contributed by atoms with Crippen molar-refractivity contribution in [2.24, 2.45) is 0 Å². The topological polar surface area (TPSA) is 112 Å². The number of esters is 1. The van der Waals surface area contributed by atoms with Crippen LogP contribution < -0.4 is 10.6 Å². The molecular formula is C16H26N4O5. The van der Waals surface area contributed by atoms with Crippen LogP contribution in [0.2, 0.25) is 0 Å². The molecule has 0 saturated heterocycles. The normalized spacial score (nSPS) is 12.9. The average molecular weight is 354 g/mol. The quantitative estimate of drug-likeness (QED) is 0.778. The number of aromatic nitrogens is 2. The van der Waals surface area contributed by atoms with Crippen molar-refractivity contribution in [2.45, 2.75) is 58.7 Å². The maximum absolute atomic E-state index is 12.1. The first-order valence-corrected chi connectivity index (χ1v) is 7.80. The van der Waals surface area contributed by atoms with Gasteiger partial charge in [-0.1, -0.05) is 0 Å². The number of hydrogen-bond acceptors (Lipinski definition) is 6. The second-order valence-corrected chi connectivity index (χ2v) is 7.07. The van der Waals surface area contributed by atoms with Gasteiger partial charge in [-0.2, -0.15) is 0 Å². The number of rotatable bonds is 5. The number of imidazole rings is 1. The van der Waals surface area contributed by atoms with Gasteiger partial charge in [0.05, 0.1) is 13.4 Å². The fourth-order valence-electron chi connectivity index (χ4n) is 1.83. The number of methoxy groups -OCH3 is 1. The predicted octanol–water partition coefficient (Wildman–Crippen LogP) is 1.64. The van der Waals surface area contributed by atoms with Crippen LogP contribution in [0.5, 0.6) is 0 Å². The molecule has 0 fully saturated rings. The third kappa shape index (κ3) is 5.77. The number of ether oxygens (including phenoxy) is 2. The third-order valence-electron chi connectivity index (χ3n) is 3.29. The molecule has 140 valence electrons. The van der Waals surface area contributed by atoms with Gasteiger partial charge in [0.25, 0.3) is 0 Å². The monoisotopic (exact) mass is 354 g/mol. The second-order valence-electron chi connectivity index (χ2n) is 7.07. The Kier molecular flexibility index (Phi) is 6.17. The van der Waals surface area contributed by atoms with E-state index in [4.69, 9.17) is 9.47 Å². The molecule has 0 aliphatic carbocycles. The van der Waals surface area contributed by atoms with E-state index in [1.54, 1.807) is 34.6 Å². The fraction of sp³-hybridized carbons (Fsp3) is 0.625. The van der Waals surface area contributed by atoms with Gasteiger partial charge in [-0.15, -0.1) is 0 Å². The highest BCUT2D eigenvalue weighted by atomic mass is 16.6. The van der Waals surface area contributed by atoms with Crippen molar-refractivity contribution in [1.82, 2.24) is 14.9 Å². The molecule has 0 bridgehead atoms. The summed E-state index contributed by atoms with van der Waals surface area (Å²) in [5.74, 6) is -0.658. The smallest absolute Gasteiger partial charge is 0.408 e. The fourth-order valence-corrected chi connectivity index (χ4v) is 1.83. The zero-order valence-corrected chi connectivity index (χ0v) is 15.7. The van der Waals surface area contributed by atoms with Crippen molar-refractivity contribution in [2.75, 3.05) is 12.4 Å². The Hall–Kier alpha value is -2.58. The van der Waals surface area contributed by atoms with E-state index < -0.39 is 35.2 Å². The number of carbonyl (C=O) groups is 3. The van der Waals surface area contributed by atoms with E-state index in [0.717, 1.165) is 0 Å². The van der Waals surface area contributed by atoms with Crippen molar-refractivity contribution in [3.05, 3.63) is 12.5 Å². The SMILES string of the molecule is COC(=O)C(C)(C)n1cnc(NC(=O)[C@@H](C)NC(=O)OC(C)(C)C)c1. The molecule has 1 aromatic rings. The van der Waals surface area contributed by atoms with Crippen LogP contribution in [0.25, 0.3) is 0 Å². The van der Waals surface area contributed by atoms with Gasteiger partial charge in [0, 0.05) is 6.20 Å². The minimum absolute atomic E-state index is 0.250. The van der Waals surface area contributed by atoms with Gasteiger partial charge in [-0.25, -0.2) is 14.6 Å². The lowest BCUT2D eigenvalue weighted by atomic mass is 10.1.